The summed E-state index contributed by atoms with van der Waals surface area (Å²) < 4.78 is 32.1. The maximum absolute atomic E-state index is 13.5. The van der Waals surface area contributed by atoms with Crippen molar-refractivity contribution in [3.63, 3.8) is 0 Å². The highest BCUT2D eigenvalue weighted by Crippen LogP contribution is 2.30. The zero-order chi connectivity index (χ0) is 22.5. The van der Waals surface area contributed by atoms with Gasteiger partial charge < -0.3 is 4.74 Å². The Morgan fingerprint density at radius 2 is 1.47 bits per heavy atom. The quantitative estimate of drug-likeness (QED) is 0.463. The van der Waals surface area contributed by atoms with Gasteiger partial charge in [-0.2, -0.15) is 0 Å². The monoisotopic (exact) mass is 456 g/mol. The van der Waals surface area contributed by atoms with E-state index in [-0.39, 0.29) is 23.6 Å². The van der Waals surface area contributed by atoms with Gasteiger partial charge in [-0.05, 0) is 54.4 Å². The Labute approximate surface area is 191 Å². The van der Waals surface area contributed by atoms with Gasteiger partial charge >= 0.3 is 5.97 Å². The van der Waals surface area contributed by atoms with E-state index in [2.05, 4.69) is 9.80 Å². The predicted octanol–water partition coefficient (Wildman–Crippen LogP) is 5.11. The first-order valence-corrected chi connectivity index (χ1v) is 11.6. The SMILES string of the molecule is CCOC(=O)c1ccc(CN2CCN(C(c3ccc(F)cc3)c3ccc(F)cc3)CC2)s1. The Bertz CT molecular complexity index is 983. The van der Waals surface area contributed by atoms with E-state index < -0.39 is 0 Å². The first kappa shape index (κ1) is 22.6. The molecule has 32 heavy (non-hydrogen) atoms. The molecule has 7 heteroatoms. The number of hydrogen-bond donors (Lipinski definition) is 0. The number of esters is 1. The summed E-state index contributed by atoms with van der Waals surface area (Å²) in [4.78, 5) is 18.4. The van der Waals surface area contributed by atoms with Crippen LogP contribution in [0.4, 0.5) is 8.78 Å². The lowest BCUT2D eigenvalue weighted by Crippen LogP contribution is -2.47. The summed E-state index contributed by atoms with van der Waals surface area (Å²) in [5.41, 5.74) is 1.98. The van der Waals surface area contributed by atoms with Crippen LogP contribution in [0, 0.1) is 11.6 Å². The molecule has 0 radical (unpaired) electrons. The largest absolute Gasteiger partial charge is 0.462 e. The molecule has 0 amide bonds. The van der Waals surface area contributed by atoms with Gasteiger partial charge in [-0.25, -0.2) is 13.6 Å². The standard InChI is InChI=1S/C25H26F2N2O2S/c1-2-31-25(30)23-12-11-22(32-23)17-28-13-15-29(16-14-28)24(18-3-7-20(26)8-4-18)19-5-9-21(27)10-6-19/h3-12,24H,2,13-17H2,1H3. The van der Waals surface area contributed by atoms with Gasteiger partial charge in [-0.1, -0.05) is 24.3 Å². The molecule has 4 nitrogen and oxygen atoms in total. The van der Waals surface area contributed by atoms with Crippen LogP contribution in [0.2, 0.25) is 0 Å². The molecular weight excluding hydrogens is 430 g/mol. The van der Waals surface area contributed by atoms with Gasteiger partial charge in [-0.15, -0.1) is 11.3 Å². The van der Waals surface area contributed by atoms with Crippen molar-refractivity contribution in [3.05, 3.63) is 93.2 Å². The van der Waals surface area contributed by atoms with E-state index >= 15 is 0 Å². The lowest BCUT2D eigenvalue weighted by molar-refractivity contribution is 0.0532. The molecule has 0 bridgehead atoms. The normalized spacial score (nSPS) is 15.2. The molecule has 1 fully saturated rings. The molecule has 4 rings (SSSR count). The summed E-state index contributed by atoms with van der Waals surface area (Å²) in [6.07, 6.45) is 0. The van der Waals surface area contributed by atoms with Gasteiger partial charge in [0.2, 0.25) is 0 Å². The summed E-state index contributed by atoms with van der Waals surface area (Å²) >= 11 is 1.48. The molecule has 0 unspecified atom stereocenters. The first-order chi connectivity index (χ1) is 15.5. The van der Waals surface area contributed by atoms with Gasteiger partial charge in [0, 0.05) is 37.6 Å². The molecule has 0 saturated carbocycles. The van der Waals surface area contributed by atoms with Crippen molar-refractivity contribution in [2.45, 2.75) is 19.5 Å². The second-order valence-electron chi connectivity index (χ2n) is 7.80. The van der Waals surface area contributed by atoms with Crippen LogP contribution in [0.3, 0.4) is 0 Å². The van der Waals surface area contributed by atoms with Crippen LogP contribution < -0.4 is 0 Å². The number of thiophene rings is 1. The van der Waals surface area contributed by atoms with E-state index in [0.717, 1.165) is 48.7 Å². The molecule has 2 heterocycles. The summed E-state index contributed by atoms with van der Waals surface area (Å²) in [5.74, 6) is -0.806. The highest BCUT2D eigenvalue weighted by molar-refractivity contribution is 7.13. The molecule has 1 aliphatic heterocycles. The minimum atomic E-state index is -0.269. The maximum Gasteiger partial charge on any atom is 0.348 e. The van der Waals surface area contributed by atoms with Crippen molar-refractivity contribution in [1.29, 1.82) is 0 Å². The number of piperazine rings is 1. The Morgan fingerprint density at radius 1 is 0.906 bits per heavy atom. The second-order valence-corrected chi connectivity index (χ2v) is 8.97. The van der Waals surface area contributed by atoms with E-state index in [1.807, 2.05) is 12.1 Å². The number of ether oxygens (including phenoxy) is 1. The van der Waals surface area contributed by atoms with Crippen molar-refractivity contribution in [2.75, 3.05) is 32.8 Å². The average Bonchev–Trinajstić information content (AvgIpc) is 3.26. The van der Waals surface area contributed by atoms with E-state index in [9.17, 15) is 13.6 Å². The third-order valence-electron chi connectivity index (χ3n) is 5.66. The third-order valence-corrected chi connectivity index (χ3v) is 6.71. The molecule has 0 N–H and O–H groups in total. The number of carbonyl (C=O) groups excluding carboxylic acids is 1. The zero-order valence-corrected chi connectivity index (χ0v) is 18.8. The Morgan fingerprint density at radius 3 is 2.00 bits per heavy atom. The van der Waals surface area contributed by atoms with E-state index in [1.54, 1.807) is 31.2 Å². The first-order valence-electron chi connectivity index (χ1n) is 10.8. The number of halogens is 2. The average molecular weight is 457 g/mol. The highest BCUT2D eigenvalue weighted by Gasteiger charge is 2.27. The summed E-state index contributed by atoms with van der Waals surface area (Å²) in [5, 5.41) is 0. The molecule has 0 aliphatic carbocycles. The van der Waals surface area contributed by atoms with Crippen LogP contribution in [-0.2, 0) is 11.3 Å². The topological polar surface area (TPSA) is 32.8 Å². The van der Waals surface area contributed by atoms with Crippen LogP contribution in [-0.4, -0.2) is 48.6 Å². The fraction of sp³-hybridized carbons (Fsp3) is 0.320. The summed E-state index contributed by atoms with van der Waals surface area (Å²) in [6, 6.07) is 16.9. The fourth-order valence-corrected chi connectivity index (χ4v) is 5.02. The van der Waals surface area contributed by atoms with Crippen LogP contribution >= 0.6 is 11.3 Å². The lowest BCUT2D eigenvalue weighted by atomic mass is 9.96. The van der Waals surface area contributed by atoms with Gasteiger partial charge in [0.25, 0.3) is 0 Å². The van der Waals surface area contributed by atoms with Gasteiger partial charge in [-0.3, -0.25) is 9.80 Å². The highest BCUT2D eigenvalue weighted by atomic mass is 32.1. The summed E-state index contributed by atoms with van der Waals surface area (Å²) in [6.45, 7) is 6.35. The van der Waals surface area contributed by atoms with Gasteiger partial charge in [0.1, 0.15) is 16.5 Å². The number of rotatable bonds is 7. The minimum absolute atomic E-state index is 0.0597. The van der Waals surface area contributed by atoms with Crippen molar-refractivity contribution < 1.29 is 18.3 Å². The smallest absolute Gasteiger partial charge is 0.348 e. The lowest BCUT2D eigenvalue weighted by Gasteiger charge is -2.39. The Hall–Kier alpha value is -2.61. The van der Waals surface area contributed by atoms with E-state index in [0.29, 0.717) is 11.5 Å². The molecule has 2 aromatic carbocycles. The molecule has 1 aromatic heterocycles. The van der Waals surface area contributed by atoms with Gasteiger partial charge in [0.15, 0.2) is 0 Å². The predicted molar refractivity (Wildman–Crippen MR) is 122 cm³/mol. The number of hydrogen-bond acceptors (Lipinski definition) is 5. The Balaban J connectivity index is 1.44. The van der Waals surface area contributed by atoms with Crippen LogP contribution in [0.5, 0.6) is 0 Å². The molecule has 168 valence electrons. The van der Waals surface area contributed by atoms with Crippen LogP contribution in [0.15, 0.2) is 60.7 Å². The minimum Gasteiger partial charge on any atom is -0.462 e. The van der Waals surface area contributed by atoms with Crippen LogP contribution in [0.25, 0.3) is 0 Å². The zero-order valence-electron chi connectivity index (χ0n) is 18.0. The molecule has 0 spiro atoms. The molecule has 1 saturated heterocycles. The van der Waals surface area contributed by atoms with Crippen molar-refractivity contribution >= 4 is 17.3 Å². The third kappa shape index (κ3) is 5.41. The number of benzene rings is 2. The fourth-order valence-electron chi connectivity index (χ4n) is 4.08. The number of nitrogens with zero attached hydrogens (tertiary/aromatic N) is 2. The van der Waals surface area contributed by atoms with Crippen molar-refractivity contribution in [2.24, 2.45) is 0 Å². The van der Waals surface area contributed by atoms with Gasteiger partial charge in [0.05, 0.1) is 12.6 Å². The molecular formula is C25H26F2N2O2S. The molecule has 1 aliphatic rings. The summed E-state index contributed by atoms with van der Waals surface area (Å²) in [7, 11) is 0. The Kier molecular flexibility index (Phi) is 7.29. The molecule has 3 aromatic rings. The maximum atomic E-state index is 13.5. The second kappa shape index (κ2) is 10.3. The van der Waals surface area contributed by atoms with E-state index in [1.165, 1.54) is 35.6 Å². The van der Waals surface area contributed by atoms with Crippen LogP contribution in [0.1, 0.15) is 38.6 Å². The number of carbonyl (C=O) groups is 1. The molecule has 0 atom stereocenters. The van der Waals surface area contributed by atoms with Crippen molar-refractivity contribution in [3.8, 4) is 0 Å². The van der Waals surface area contributed by atoms with Crippen molar-refractivity contribution in [1.82, 2.24) is 9.80 Å². The van der Waals surface area contributed by atoms with E-state index in [4.69, 9.17) is 4.74 Å².